The Bertz CT molecular complexity index is 787. The quantitative estimate of drug-likeness (QED) is 0.655. The average molecular weight is 319 g/mol. The Kier molecular flexibility index (Phi) is 4.79. The van der Waals surface area contributed by atoms with Gasteiger partial charge in [0.05, 0.1) is 6.54 Å². The van der Waals surface area contributed by atoms with Gasteiger partial charge in [-0.2, -0.15) is 10.2 Å². The number of rotatable bonds is 1. The summed E-state index contributed by atoms with van der Waals surface area (Å²) in [5.41, 5.74) is 7.38. The Morgan fingerprint density at radius 1 is 0.917 bits per heavy atom. The fourth-order valence-corrected chi connectivity index (χ4v) is 3.35. The van der Waals surface area contributed by atoms with Crippen LogP contribution >= 0.6 is 0 Å². The fraction of sp³-hybridized carbons (Fsp3) is 0.333. The molecule has 2 aliphatic rings. The van der Waals surface area contributed by atoms with Crippen molar-refractivity contribution in [2.24, 2.45) is 10.2 Å². The molecular formula is C21H25N3. The molecule has 3 nitrogen and oxygen atoms in total. The molecule has 4 rings (SSSR count). The lowest BCUT2D eigenvalue weighted by molar-refractivity contribution is 0.680. The second-order valence-electron chi connectivity index (χ2n) is 6.12. The number of nitrogens with zero attached hydrogens (tertiary/aromatic N) is 3. The van der Waals surface area contributed by atoms with Gasteiger partial charge in [-0.3, -0.25) is 0 Å². The van der Waals surface area contributed by atoms with Gasteiger partial charge in [0.2, 0.25) is 0 Å². The topological polar surface area (TPSA) is 28.0 Å². The molecule has 2 aliphatic heterocycles. The van der Waals surface area contributed by atoms with Gasteiger partial charge in [0, 0.05) is 29.4 Å². The standard InChI is InChI=1S/C19H19N3.C2H6/c1-13(2)22-12-14-7-3-4-8-15(14)17-11-20-21-19(17)16-9-5-6-10-18(16)22;1-2/h3-10,13H,11-12H2,1-2H3;1-2H3. The third kappa shape index (κ3) is 2.75. The molecular weight excluding hydrogens is 294 g/mol. The predicted octanol–water partition coefficient (Wildman–Crippen LogP) is 5.78. The normalized spacial score (nSPS) is 15.1. The Morgan fingerprint density at radius 2 is 1.58 bits per heavy atom. The van der Waals surface area contributed by atoms with E-state index in [0.717, 1.165) is 12.2 Å². The maximum absolute atomic E-state index is 4.47. The van der Waals surface area contributed by atoms with Gasteiger partial charge in [0.15, 0.2) is 0 Å². The predicted molar refractivity (Wildman–Crippen MR) is 102 cm³/mol. The average Bonchev–Trinajstić information content (AvgIpc) is 3.09. The number of anilines is 1. The molecule has 3 heteroatoms. The van der Waals surface area contributed by atoms with Crippen molar-refractivity contribution < 1.29 is 0 Å². The van der Waals surface area contributed by atoms with Crippen LogP contribution in [-0.4, -0.2) is 12.6 Å². The Morgan fingerprint density at radius 3 is 2.33 bits per heavy atom. The molecule has 0 saturated heterocycles. The van der Waals surface area contributed by atoms with E-state index >= 15 is 0 Å². The number of azo groups is 1. The zero-order valence-corrected chi connectivity index (χ0v) is 15.0. The van der Waals surface area contributed by atoms with Crippen LogP contribution in [0.25, 0.3) is 11.3 Å². The second kappa shape index (κ2) is 7.00. The molecule has 24 heavy (non-hydrogen) atoms. The van der Waals surface area contributed by atoms with Gasteiger partial charge in [-0.15, -0.1) is 0 Å². The lowest BCUT2D eigenvalue weighted by Gasteiger charge is -2.33. The Balaban J connectivity index is 0.000000815. The summed E-state index contributed by atoms with van der Waals surface area (Å²) in [6.07, 6.45) is 0. The second-order valence-corrected chi connectivity index (χ2v) is 6.12. The number of fused-ring (bicyclic) bond motifs is 4. The van der Waals surface area contributed by atoms with Crippen LogP contribution in [0.3, 0.4) is 0 Å². The van der Waals surface area contributed by atoms with Gasteiger partial charge in [0.25, 0.3) is 0 Å². The molecule has 0 fully saturated rings. The first-order valence-electron chi connectivity index (χ1n) is 8.80. The highest BCUT2D eigenvalue weighted by Crippen LogP contribution is 2.41. The minimum atomic E-state index is 0.426. The molecule has 0 bridgehead atoms. The highest BCUT2D eigenvalue weighted by atomic mass is 15.2. The molecule has 0 N–H and O–H groups in total. The number of benzene rings is 2. The zero-order chi connectivity index (χ0) is 17.1. The first kappa shape index (κ1) is 16.4. The first-order chi connectivity index (χ1) is 11.8. The molecule has 0 atom stereocenters. The van der Waals surface area contributed by atoms with Crippen LogP contribution in [0.15, 0.2) is 58.8 Å². The summed E-state index contributed by atoms with van der Waals surface area (Å²) in [6, 6.07) is 17.6. The highest BCUT2D eigenvalue weighted by molar-refractivity contribution is 5.97. The minimum Gasteiger partial charge on any atom is -0.364 e. The Labute approximate surface area is 144 Å². The number of para-hydroxylation sites is 1. The van der Waals surface area contributed by atoms with Crippen molar-refractivity contribution in [2.75, 3.05) is 11.4 Å². The van der Waals surface area contributed by atoms with Gasteiger partial charge in [0.1, 0.15) is 5.70 Å². The van der Waals surface area contributed by atoms with E-state index in [9.17, 15) is 0 Å². The summed E-state index contributed by atoms with van der Waals surface area (Å²) < 4.78 is 0. The summed E-state index contributed by atoms with van der Waals surface area (Å²) in [6.45, 7) is 10.1. The molecule has 0 radical (unpaired) electrons. The third-order valence-corrected chi connectivity index (χ3v) is 4.46. The molecule has 0 unspecified atom stereocenters. The van der Waals surface area contributed by atoms with Crippen molar-refractivity contribution >= 4 is 17.0 Å². The lowest BCUT2D eigenvalue weighted by Crippen LogP contribution is -2.32. The van der Waals surface area contributed by atoms with Crippen LogP contribution in [0, 0.1) is 0 Å². The van der Waals surface area contributed by atoms with E-state index in [1.807, 2.05) is 13.8 Å². The maximum atomic E-state index is 4.47. The van der Waals surface area contributed by atoms with Crippen LogP contribution in [0.4, 0.5) is 5.69 Å². The largest absolute Gasteiger partial charge is 0.364 e. The van der Waals surface area contributed by atoms with Crippen molar-refractivity contribution in [3.63, 3.8) is 0 Å². The van der Waals surface area contributed by atoms with Crippen LogP contribution < -0.4 is 4.90 Å². The minimum absolute atomic E-state index is 0.426. The highest BCUT2D eigenvalue weighted by Gasteiger charge is 2.26. The van der Waals surface area contributed by atoms with Crippen LogP contribution in [-0.2, 0) is 6.54 Å². The van der Waals surface area contributed by atoms with E-state index in [2.05, 4.69) is 77.5 Å². The van der Waals surface area contributed by atoms with Crippen molar-refractivity contribution in [3.8, 4) is 0 Å². The smallest absolute Gasteiger partial charge is 0.100 e. The Hall–Kier alpha value is -2.42. The van der Waals surface area contributed by atoms with Crippen LogP contribution in [0.1, 0.15) is 44.4 Å². The molecule has 2 heterocycles. The molecule has 2 aromatic rings. The van der Waals surface area contributed by atoms with E-state index in [0.29, 0.717) is 12.6 Å². The number of hydrogen-bond acceptors (Lipinski definition) is 3. The summed E-state index contributed by atoms with van der Waals surface area (Å²) in [5.74, 6) is 0. The van der Waals surface area contributed by atoms with Gasteiger partial charge in [-0.1, -0.05) is 56.3 Å². The molecule has 0 spiro atoms. The first-order valence-corrected chi connectivity index (χ1v) is 8.80. The summed E-state index contributed by atoms with van der Waals surface area (Å²) in [4.78, 5) is 2.45. The van der Waals surface area contributed by atoms with E-state index in [1.54, 1.807) is 0 Å². The molecule has 0 amide bonds. The van der Waals surface area contributed by atoms with Crippen molar-refractivity contribution in [2.45, 2.75) is 40.3 Å². The van der Waals surface area contributed by atoms with E-state index < -0.39 is 0 Å². The SMILES string of the molecule is CC.CC(C)N1Cc2ccccc2C2=C(N=NC2)c2ccccc21. The maximum Gasteiger partial charge on any atom is 0.100 e. The molecule has 0 aliphatic carbocycles. The van der Waals surface area contributed by atoms with Gasteiger partial charge < -0.3 is 4.90 Å². The van der Waals surface area contributed by atoms with E-state index in [-0.39, 0.29) is 0 Å². The summed E-state index contributed by atoms with van der Waals surface area (Å²) >= 11 is 0. The van der Waals surface area contributed by atoms with Crippen LogP contribution in [0.5, 0.6) is 0 Å². The van der Waals surface area contributed by atoms with E-state index in [1.165, 1.54) is 28.0 Å². The zero-order valence-electron chi connectivity index (χ0n) is 15.0. The lowest BCUT2D eigenvalue weighted by atomic mass is 9.92. The fourth-order valence-electron chi connectivity index (χ4n) is 3.35. The van der Waals surface area contributed by atoms with E-state index in [4.69, 9.17) is 0 Å². The van der Waals surface area contributed by atoms with Gasteiger partial charge >= 0.3 is 0 Å². The van der Waals surface area contributed by atoms with Crippen molar-refractivity contribution in [1.82, 2.24) is 0 Å². The molecule has 0 saturated carbocycles. The van der Waals surface area contributed by atoms with Crippen molar-refractivity contribution in [1.29, 1.82) is 0 Å². The van der Waals surface area contributed by atoms with Gasteiger partial charge in [-0.25, -0.2) is 0 Å². The summed E-state index contributed by atoms with van der Waals surface area (Å²) in [5, 5.41) is 8.78. The third-order valence-electron chi connectivity index (χ3n) is 4.46. The van der Waals surface area contributed by atoms with Crippen molar-refractivity contribution in [3.05, 3.63) is 65.2 Å². The van der Waals surface area contributed by atoms with Crippen LogP contribution in [0.2, 0.25) is 0 Å². The number of hydrogen-bond donors (Lipinski definition) is 0. The monoisotopic (exact) mass is 319 g/mol. The van der Waals surface area contributed by atoms with Gasteiger partial charge in [-0.05, 0) is 31.0 Å². The summed E-state index contributed by atoms with van der Waals surface area (Å²) in [7, 11) is 0. The molecule has 0 aromatic heterocycles. The molecule has 124 valence electrons. The molecule has 2 aromatic carbocycles.